The van der Waals surface area contributed by atoms with Gasteiger partial charge < -0.3 is 4.90 Å². The molecule has 1 heterocycles. The number of benzene rings is 2. The highest BCUT2D eigenvalue weighted by Crippen LogP contribution is 2.33. The number of hydrogen-bond donors (Lipinski definition) is 0. The minimum absolute atomic E-state index is 0.0274. The molecule has 1 saturated carbocycles. The van der Waals surface area contributed by atoms with E-state index in [1.54, 1.807) is 6.07 Å². The van der Waals surface area contributed by atoms with Crippen molar-refractivity contribution in [2.45, 2.75) is 50.1 Å². The SMILES string of the molecule is CC(=O)c1ccc(S(=O)(=O)N2CCC(C(=O)N(Cc3cccc(F)c3)C3CC3)CC2)cc1. The summed E-state index contributed by atoms with van der Waals surface area (Å²) in [5.41, 5.74) is 1.23. The molecule has 0 aromatic heterocycles. The lowest BCUT2D eigenvalue weighted by Gasteiger charge is -2.34. The number of rotatable bonds is 7. The van der Waals surface area contributed by atoms with Crippen LogP contribution >= 0.6 is 0 Å². The Morgan fingerprint density at radius 3 is 2.25 bits per heavy atom. The van der Waals surface area contributed by atoms with Gasteiger partial charge in [0.2, 0.25) is 15.9 Å². The molecule has 170 valence electrons. The van der Waals surface area contributed by atoms with Gasteiger partial charge in [-0.15, -0.1) is 0 Å². The maximum absolute atomic E-state index is 13.6. The third kappa shape index (κ3) is 4.91. The third-order valence-electron chi connectivity index (χ3n) is 6.21. The molecule has 2 fully saturated rings. The molecule has 0 unspecified atom stereocenters. The van der Waals surface area contributed by atoms with E-state index in [2.05, 4.69) is 0 Å². The number of carbonyl (C=O) groups excluding carboxylic acids is 2. The summed E-state index contributed by atoms with van der Waals surface area (Å²) >= 11 is 0. The Morgan fingerprint density at radius 2 is 1.69 bits per heavy atom. The molecule has 32 heavy (non-hydrogen) atoms. The Bertz CT molecular complexity index is 1110. The number of halogens is 1. The van der Waals surface area contributed by atoms with Gasteiger partial charge >= 0.3 is 0 Å². The summed E-state index contributed by atoms with van der Waals surface area (Å²) in [6.45, 7) is 2.35. The number of Topliss-reactive ketones (excluding diaryl/α,β-unsaturated/α-hetero) is 1. The van der Waals surface area contributed by atoms with Crippen LogP contribution in [0.1, 0.15) is 48.5 Å². The van der Waals surface area contributed by atoms with Crippen molar-refractivity contribution in [1.82, 2.24) is 9.21 Å². The average molecular weight is 459 g/mol. The smallest absolute Gasteiger partial charge is 0.243 e. The first kappa shape index (κ1) is 22.6. The molecule has 1 aliphatic carbocycles. The van der Waals surface area contributed by atoms with Crippen LogP contribution in [0, 0.1) is 11.7 Å². The van der Waals surface area contributed by atoms with Crippen LogP contribution in [0.3, 0.4) is 0 Å². The van der Waals surface area contributed by atoms with Crippen molar-refractivity contribution in [3.63, 3.8) is 0 Å². The molecule has 0 N–H and O–H groups in total. The number of ketones is 1. The Labute approximate surface area is 188 Å². The highest BCUT2D eigenvalue weighted by Gasteiger charge is 2.38. The van der Waals surface area contributed by atoms with E-state index in [1.807, 2.05) is 11.0 Å². The van der Waals surface area contributed by atoms with Gasteiger partial charge in [0.05, 0.1) is 4.90 Å². The van der Waals surface area contributed by atoms with Gasteiger partial charge in [-0.05, 0) is 62.4 Å². The third-order valence-corrected chi connectivity index (χ3v) is 8.13. The second kappa shape index (κ2) is 9.11. The Hall–Kier alpha value is -2.58. The molecule has 1 aliphatic heterocycles. The van der Waals surface area contributed by atoms with Crippen molar-refractivity contribution < 1.29 is 22.4 Å². The van der Waals surface area contributed by atoms with E-state index in [9.17, 15) is 22.4 Å². The molecule has 8 heteroatoms. The number of nitrogens with zero attached hydrogens (tertiary/aromatic N) is 2. The van der Waals surface area contributed by atoms with Crippen molar-refractivity contribution >= 4 is 21.7 Å². The molecule has 0 bridgehead atoms. The summed E-state index contributed by atoms with van der Waals surface area (Å²) in [5.74, 6) is -0.650. The standard InChI is InChI=1S/C24H27FN2O4S/c1-17(28)19-5-9-23(10-6-19)32(30,31)26-13-11-20(12-14-26)24(29)27(22-7-8-22)16-18-3-2-4-21(25)15-18/h2-6,9-10,15,20,22H,7-8,11-14,16H2,1H3. The molecular weight excluding hydrogens is 431 g/mol. The quantitative estimate of drug-likeness (QED) is 0.594. The maximum atomic E-state index is 13.6. The van der Waals surface area contributed by atoms with E-state index in [1.165, 1.54) is 47.6 Å². The second-order valence-corrected chi connectivity index (χ2v) is 10.5. The summed E-state index contributed by atoms with van der Waals surface area (Å²) in [4.78, 5) is 26.7. The van der Waals surface area contributed by atoms with E-state index >= 15 is 0 Å². The van der Waals surface area contributed by atoms with E-state index in [-0.39, 0.29) is 47.5 Å². The first-order chi connectivity index (χ1) is 15.3. The lowest BCUT2D eigenvalue weighted by molar-refractivity contribution is -0.138. The van der Waals surface area contributed by atoms with Gasteiger partial charge in [0.15, 0.2) is 5.78 Å². The Morgan fingerprint density at radius 1 is 1.03 bits per heavy atom. The molecule has 1 amide bonds. The lowest BCUT2D eigenvalue weighted by atomic mass is 9.96. The normalized spacial score (nSPS) is 17.8. The van der Waals surface area contributed by atoms with E-state index in [4.69, 9.17) is 0 Å². The molecular formula is C24H27FN2O4S. The summed E-state index contributed by atoms with van der Waals surface area (Å²) in [6, 6.07) is 12.4. The summed E-state index contributed by atoms with van der Waals surface area (Å²) < 4.78 is 40.9. The minimum Gasteiger partial charge on any atom is -0.335 e. The molecule has 4 rings (SSSR count). The lowest BCUT2D eigenvalue weighted by Crippen LogP contribution is -2.44. The van der Waals surface area contributed by atoms with Gasteiger partial charge in [0.25, 0.3) is 0 Å². The van der Waals surface area contributed by atoms with Gasteiger partial charge in [-0.2, -0.15) is 4.31 Å². The van der Waals surface area contributed by atoms with Crippen LogP contribution in [0.25, 0.3) is 0 Å². The Kier molecular flexibility index (Phi) is 6.44. The van der Waals surface area contributed by atoms with E-state index < -0.39 is 10.0 Å². The first-order valence-corrected chi connectivity index (χ1v) is 12.4. The van der Waals surface area contributed by atoms with Gasteiger partial charge in [0, 0.05) is 37.2 Å². The fourth-order valence-corrected chi connectivity index (χ4v) is 5.66. The zero-order chi connectivity index (χ0) is 22.9. The molecule has 0 atom stereocenters. The molecule has 0 spiro atoms. The first-order valence-electron chi connectivity index (χ1n) is 10.9. The van der Waals surface area contributed by atoms with Crippen LogP contribution in [0.5, 0.6) is 0 Å². The molecule has 6 nitrogen and oxygen atoms in total. The predicted octanol–water partition coefficient (Wildman–Crippen LogP) is 3.62. The van der Waals surface area contributed by atoms with Gasteiger partial charge in [-0.3, -0.25) is 9.59 Å². The topological polar surface area (TPSA) is 74.8 Å². The monoisotopic (exact) mass is 458 g/mol. The van der Waals surface area contributed by atoms with Gasteiger partial charge in [0.1, 0.15) is 5.82 Å². The van der Waals surface area contributed by atoms with Gasteiger partial charge in [-0.1, -0.05) is 24.3 Å². The van der Waals surface area contributed by atoms with Crippen LogP contribution in [0.15, 0.2) is 53.4 Å². The van der Waals surface area contributed by atoms with E-state index in [0.717, 1.165) is 18.4 Å². The number of amides is 1. The molecule has 0 radical (unpaired) electrons. The summed E-state index contributed by atoms with van der Waals surface area (Å²) in [5, 5.41) is 0. The number of sulfonamides is 1. The maximum Gasteiger partial charge on any atom is 0.243 e. The Balaban J connectivity index is 1.40. The summed E-state index contributed by atoms with van der Waals surface area (Å²) in [6.07, 6.45) is 2.81. The predicted molar refractivity (Wildman–Crippen MR) is 118 cm³/mol. The van der Waals surface area contributed by atoms with Crippen LogP contribution in [-0.2, 0) is 21.4 Å². The second-order valence-electron chi connectivity index (χ2n) is 8.59. The molecule has 2 aliphatic rings. The van der Waals surface area contributed by atoms with Crippen molar-refractivity contribution in [3.8, 4) is 0 Å². The summed E-state index contributed by atoms with van der Waals surface area (Å²) in [7, 11) is -3.68. The van der Waals surface area contributed by atoms with Crippen molar-refractivity contribution in [3.05, 3.63) is 65.5 Å². The fourth-order valence-electron chi connectivity index (χ4n) is 4.19. The van der Waals surface area contributed by atoms with Crippen molar-refractivity contribution in [2.75, 3.05) is 13.1 Å². The highest BCUT2D eigenvalue weighted by molar-refractivity contribution is 7.89. The largest absolute Gasteiger partial charge is 0.335 e. The van der Waals surface area contributed by atoms with Crippen molar-refractivity contribution in [2.24, 2.45) is 5.92 Å². The minimum atomic E-state index is -3.68. The number of hydrogen-bond acceptors (Lipinski definition) is 4. The van der Waals surface area contributed by atoms with Crippen LogP contribution < -0.4 is 0 Å². The molecule has 2 aromatic rings. The highest BCUT2D eigenvalue weighted by atomic mass is 32.2. The zero-order valence-electron chi connectivity index (χ0n) is 18.0. The average Bonchev–Trinajstić information content (AvgIpc) is 3.62. The number of piperidine rings is 1. The van der Waals surface area contributed by atoms with Crippen LogP contribution in [0.4, 0.5) is 4.39 Å². The van der Waals surface area contributed by atoms with Crippen molar-refractivity contribution in [1.29, 1.82) is 0 Å². The van der Waals surface area contributed by atoms with Crippen LogP contribution in [0.2, 0.25) is 0 Å². The molecule has 2 aromatic carbocycles. The van der Waals surface area contributed by atoms with E-state index in [0.29, 0.717) is 24.9 Å². The molecule has 1 saturated heterocycles. The van der Waals surface area contributed by atoms with Gasteiger partial charge in [-0.25, -0.2) is 12.8 Å². The fraction of sp³-hybridized carbons (Fsp3) is 0.417. The number of carbonyl (C=O) groups is 2. The van der Waals surface area contributed by atoms with Crippen LogP contribution in [-0.4, -0.2) is 48.4 Å². The zero-order valence-corrected chi connectivity index (χ0v) is 18.9.